The number of aliphatic hydroxyl groups excluding tert-OH is 1. The number of benzene rings is 1. The molecular formula is C17H21ClN2O. The molecule has 0 saturated heterocycles. The molecule has 112 valence electrons. The van der Waals surface area contributed by atoms with E-state index in [4.69, 9.17) is 11.6 Å². The standard InChI is InChI=1S/C17H21ClN2O/c1-3-4-9-17-19-11-15(10-13(2)21)20(17)12-14-7-5-6-8-16(14)18/h5-8,11,21H,2-4,9-10,12H2,1H3. The Kier molecular flexibility index (Phi) is 5.45. The van der Waals surface area contributed by atoms with Crippen molar-refractivity contribution in [3.05, 3.63) is 64.9 Å². The summed E-state index contributed by atoms with van der Waals surface area (Å²) in [4.78, 5) is 4.50. The molecule has 0 radical (unpaired) electrons. The second kappa shape index (κ2) is 7.32. The second-order valence-corrected chi connectivity index (χ2v) is 5.60. The second-order valence-electron chi connectivity index (χ2n) is 5.19. The van der Waals surface area contributed by atoms with Crippen LogP contribution in [0.15, 0.2) is 42.8 Å². The Morgan fingerprint density at radius 1 is 1.38 bits per heavy atom. The monoisotopic (exact) mass is 304 g/mol. The molecule has 0 bridgehead atoms. The van der Waals surface area contributed by atoms with E-state index in [1.165, 1.54) is 0 Å². The van der Waals surface area contributed by atoms with Crippen molar-refractivity contribution in [2.45, 2.75) is 39.2 Å². The van der Waals surface area contributed by atoms with Gasteiger partial charge in [0.1, 0.15) is 5.82 Å². The van der Waals surface area contributed by atoms with Crippen LogP contribution in [0.25, 0.3) is 0 Å². The number of nitrogens with zero attached hydrogens (tertiary/aromatic N) is 2. The number of allylic oxidation sites excluding steroid dienone is 1. The van der Waals surface area contributed by atoms with Crippen LogP contribution in [0.3, 0.4) is 0 Å². The minimum Gasteiger partial charge on any atom is -0.513 e. The predicted molar refractivity (Wildman–Crippen MR) is 86.9 cm³/mol. The number of hydrogen-bond donors (Lipinski definition) is 1. The molecular weight excluding hydrogens is 284 g/mol. The van der Waals surface area contributed by atoms with Crippen molar-refractivity contribution in [2.75, 3.05) is 0 Å². The molecule has 0 aliphatic rings. The molecule has 0 unspecified atom stereocenters. The number of hydrogen-bond acceptors (Lipinski definition) is 2. The molecule has 0 fully saturated rings. The fourth-order valence-electron chi connectivity index (χ4n) is 2.33. The Labute approximate surface area is 130 Å². The average Bonchev–Trinajstić information content (AvgIpc) is 2.81. The van der Waals surface area contributed by atoms with E-state index in [-0.39, 0.29) is 5.76 Å². The van der Waals surface area contributed by atoms with E-state index in [1.54, 1.807) is 0 Å². The van der Waals surface area contributed by atoms with E-state index in [2.05, 4.69) is 23.1 Å². The van der Waals surface area contributed by atoms with Crippen LogP contribution in [-0.4, -0.2) is 14.7 Å². The number of halogens is 1. The molecule has 0 spiro atoms. The van der Waals surface area contributed by atoms with E-state index in [0.29, 0.717) is 13.0 Å². The summed E-state index contributed by atoms with van der Waals surface area (Å²) in [5.41, 5.74) is 2.02. The van der Waals surface area contributed by atoms with Gasteiger partial charge in [-0.1, -0.05) is 49.7 Å². The van der Waals surface area contributed by atoms with Gasteiger partial charge in [0.05, 0.1) is 12.3 Å². The van der Waals surface area contributed by atoms with Gasteiger partial charge in [-0.3, -0.25) is 0 Å². The molecule has 1 heterocycles. The fourth-order valence-corrected chi connectivity index (χ4v) is 2.52. The lowest BCUT2D eigenvalue weighted by atomic mass is 10.2. The highest BCUT2D eigenvalue weighted by Crippen LogP contribution is 2.20. The van der Waals surface area contributed by atoms with Crippen LogP contribution in [0.2, 0.25) is 5.02 Å². The van der Waals surface area contributed by atoms with Crippen molar-refractivity contribution in [3.63, 3.8) is 0 Å². The summed E-state index contributed by atoms with van der Waals surface area (Å²) in [6.07, 6.45) is 5.39. The van der Waals surface area contributed by atoms with Crippen molar-refractivity contribution in [3.8, 4) is 0 Å². The summed E-state index contributed by atoms with van der Waals surface area (Å²) in [5.74, 6) is 1.19. The van der Waals surface area contributed by atoms with E-state index in [0.717, 1.165) is 41.4 Å². The van der Waals surface area contributed by atoms with Gasteiger partial charge in [0.15, 0.2) is 0 Å². The molecule has 0 amide bonds. The molecule has 1 aromatic carbocycles. The van der Waals surface area contributed by atoms with E-state index in [1.807, 2.05) is 30.5 Å². The molecule has 1 aromatic heterocycles. The van der Waals surface area contributed by atoms with Crippen molar-refractivity contribution in [1.82, 2.24) is 9.55 Å². The maximum absolute atomic E-state index is 9.47. The van der Waals surface area contributed by atoms with Crippen LogP contribution < -0.4 is 0 Å². The molecule has 0 aliphatic carbocycles. The quantitative estimate of drug-likeness (QED) is 0.763. The van der Waals surface area contributed by atoms with Gasteiger partial charge in [-0.05, 0) is 18.1 Å². The Hall–Kier alpha value is -1.74. The summed E-state index contributed by atoms with van der Waals surface area (Å²) in [6, 6.07) is 7.82. The van der Waals surface area contributed by atoms with Crippen molar-refractivity contribution in [2.24, 2.45) is 0 Å². The zero-order chi connectivity index (χ0) is 15.2. The van der Waals surface area contributed by atoms with Crippen LogP contribution in [0, 0.1) is 0 Å². The highest BCUT2D eigenvalue weighted by molar-refractivity contribution is 6.31. The van der Waals surface area contributed by atoms with Crippen LogP contribution >= 0.6 is 11.6 Å². The highest BCUT2D eigenvalue weighted by atomic mass is 35.5. The minimum atomic E-state index is 0.150. The number of unbranched alkanes of at least 4 members (excludes halogenated alkanes) is 1. The molecule has 2 rings (SSSR count). The van der Waals surface area contributed by atoms with Crippen LogP contribution in [-0.2, 0) is 19.4 Å². The number of aryl methyl sites for hydroxylation is 1. The van der Waals surface area contributed by atoms with E-state index >= 15 is 0 Å². The number of aliphatic hydroxyl groups is 1. The molecule has 4 heteroatoms. The Morgan fingerprint density at radius 3 is 2.81 bits per heavy atom. The van der Waals surface area contributed by atoms with Gasteiger partial charge in [0, 0.05) is 29.8 Å². The van der Waals surface area contributed by atoms with Crippen LogP contribution in [0.1, 0.15) is 36.8 Å². The fraction of sp³-hybridized carbons (Fsp3) is 0.353. The minimum absolute atomic E-state index is 0.150. The molecule has 21 heavy (non-hydrogen) atoms. The summed E-state index contributed by atoms with van der Waals surface area (Å²) in [7, 11) is 0. The first-order valence-electron chi connectivity index (χ1n) is 7.25. The maximum Gasteiger partial charge on any atom is 0.109 e. The average molecular weight is 305 g/mol. The van der Waals surface area contributed by atoms with Crippen molar-refractivity contribution in [1.29, 1.82) is 0 Å². The third-order valence-electron chi connectivity index (χ3n) is 3.45. The molecule has 0 atom stereocenters. The number of aromatic nitrogens is 2. The van der Waals surface area contributed by atoms with E-state index < -0.39 is 0 Å². The summed E-state index contributed by atoms with van der Waals surface area (Å²) in [5, 5.41) is 10.2. The zero-order valence-electron chi connectivity index (χ0n) is 12.3. The number of rotatable bonds is 7. The topological polar surface area (TPSA) is 38.1 Å². The maximum atomic E-state index is 9.47. The van der Waals surface area contributed by atoms with Gasteiger partial charge >= 0.3 is 0 Å². The molecule has 0 saturated carbocycles. The third-order valence-corrected chi connectivity index (χ3v) is 3.81. The molecule has 3 nitrogen and oxygen atoms in total. The summed E-state index contributed by atoms with van der Waals surface area (Å²) in [6.45, 7) is 6.41. The van der Waals surface area contributed by atoms with Crippen LogP contribution in [0.5, 0.6) is 0 Å². The lowest BCUT2D eigenvalue weighted by Gasteiger charge is -2.13. The Bertz CT molecular complexity index is 619. The van der Waals surface area contributed by atoms with Gasteiger partial charge in [-0.15, -0.1) is 0 Å². The Balaban J connectivity index is 2.31. The molecule has 2 aromatic rings. The molecule has 1 N–H and O–H groups in total. The number of imidazole rings is 1. The van der Waals surface area contributed by atoms with Gasteiger partial charge in [0.2, 0.25) is 0 Å². The van der Waals surface area contributed by atoms with Gasteiger partial charge in [-0.2, -0.15) is 0 Å². The van der Waals surface area contributed by atoms with Gasteiger partial charge in [0.25, 0.3) is 0 Å². The first-order valence-corrected chi connectivity index (χ1v) is 7.63. The Morgan fingerprint density at radius 2 is 2.14 bits per heavy atom. The van der Waals surface area contributed by atoms with Crippen LogP contribution in [0.4, 0.5) is 0 Å². The predicted octanol–water partition coefficient (Wildman–Crippen LogP) is 4.54. The lowest BCUT2D eigenvalue weighted by Crippen LogP contribution is -2.10. The summed E-state index contributed by atoms with van der Waals surface area (Å²) < 4.78 is 2.14. The largest absolute Gasteiger partial charge is 0.513 e. The van der Waals surface area contributed by atoms with Gasteiger partial charge in [-0.25, -0.2) is 4.98 Å². The van der Waals surface area contributed by atoms with Crippen molar-refractivity contribution >= 4 is 11.6 Å². The smallest absolute Gasteiger partial charge is 0.109 e. The SMILES string of the molecule is C=C(O)Cc1cnc(CCCC)n1Cc1ccccc1Cl. The van der Waals surface area contributed by atoms with Crippen molar-refractivity contribution < 1.29 is 5.11 Å². The van der Waals surface area contributed by atoms with E-state index in [9.17, 15) is 5.11 Å². The zero-order valence-corrected chi connectivity index (χ0v) is 13.1. The first-order chi connectivity index (χ1) is 10.1. The van der Waals surface area contributed by atoms with Gasteiger partial charge < -0.3 is 9.67 Å². The lowest BCUT2D eigenvalue weighted by molar-refractivity contribution is 0.398. The molecule has 0 aliphatic heterocycles. The normalized spacial score (nSPS) is 10.8. The first kappa shape index (κ1) is 15.6. The highest BCUT2D eigenvalue weighted by Gasteiger charge is 2.12. The third kappa shape index (κ3) is 4.11. The summed E-state index contributed by atoms with van der Waals surface area (Å²) >= 11 is 6.26.